The molecule has 2 rings (SSSR count). The van der Waals surface area contributed by atoms with Crippen molar-refractivity contribution in [3.8, 4) is 0 Å². The van der Waals surface area contributed by atoms with Gasteiger partial charge in [-0.25, -0.2) is 10.2 Å². The molecule has 0 aliphatic carbocycles. The van der Waals surface area contributed by atoms with Crippen LogP contribution in [0.25, 0.3) is 5.70 Å². The number of hydrogen-bond acceptors (Lipinski definition) is 6. The third-order valence-electron chi connectivity index (χ3n) is 3.95. The highest BCUT2D eigenvalue weighted by Crippen LogP contribution is 2.23. The Hall–Kier alpha value is -2.84. The topological polar surface area (TPSA) is 124 Å². The number of halogens is 1. The predicted molar refractivity (Wildman–Crippen MR) is 98.0 cm³/mol. The zero-order chi connectivity index (χ0) is 19.3. The fraction of sp³-hybridized carbons (Fsp3) is 0.278. The summed E-state index contributed by atoms with van der Waals surface area (Å²) in [5.74, 6) is 5.62. The average molecular weight is 361 g/mol. The SMILES string of the molecule is Cc1oc(C(=O)NC(CN)Cc2cccc(F)c2)cc1/C(=C/N)N(C)N. The normalized spacial score (nSPS) is 12.7. The quantitative estimate of drug-likeness (QED) is 0.432. The van der Waals surface area contributed by atoms with Crippen molar-refractivity contribution in [2.45, 2.75) is 19.4 Å². The van der Waals surface area contributed by atoms with Crippen molar-refractivity contribution in [3.63, 3.8) is 0 Å². The summed E-state index contributed by atoms with van der Waals surface area (Å²) >= 11 is 0. The molecule has 0 saturated heterocycles. The minimum atomic E-state index is -0.415. The van der Waals surface area contributed by atoms with E-state index in [-0.39, 0.29) is 24.2 Å². The van der Waals surface area contributed by atoms with E-state index < -0.39 is 5.91 Å². The van der Waals surface area contributed by atoms with Gasteiger partial charge in [0.2, 0.25) is 0 Å². The second kappa shape index (κ2) is 8.50. The molecule has 0 spiro atoms. The van der Waals surface area contributed by atoms with Gasteiger partial charge in [-0.15, -0.1) is 0 Å². The van der Waals surface area contributed by atoms with Gasteiger partial charge in [0.25, 0.3) is 5.91 Å². The number of nitrogens with one attached hydrogen (secondary N) is 1. The van der Waals surface area contributed by atoms with Crippen molar-refractivity contribution in [2.75, 3.05) is 13.6 Å². The van der Waals surface area contributed by atoms with E-state index in [0.29, 0.717) is 23.4 Å². The molecule has 0 bridgehead atoms. The van der Waals surface area contributed by atoms with Gasteiger partial charge < -0.3 is 26.2 Å². The van der Waals surface area contributed by atoms with Gasteiger partial charge in [0.1, 0.15) is 11.6 Å². The van der Waals surface area contributed by atoms with Crippen molar-refractivity contribution >= 4 is 11.6 Å². The lowest BCUT2D eigenvalue weighted by atomic mass is 10.1. The lowest BCUT2D eigenvalue weighted by Gasteiger charge is -2.16. The lowest BCUT2D eigenvalue weighted by Crippen LogP contribution is -2.41. The van der Waals surface area contributed by atoms with Gasteiger partial charge in [-0.05, 0) is 37.1 Å². The van der Waals surface area contributed by atoms with E-state index in [1.165, 1.54) is 23.3 Å². The number of furan rings is 1. The molecule has 1 aromatic heterocycles. The molecule has 0 saturated carbocycles. The number of rotatable bonds is 7. The molecule has 0 radical (unpaired) electrons. The summed E-state index contributed by atoms with van der Waals surface area (Å²) in [7, 11) is 1.63. The summed E-state index contributed by atoms with van der Waals surface area (Å²) < 4.78 is 18.8. The van der Waals surface area contributed by atoms with Crippen LogP contribution in [-0.2, 0) is 6.42 Å². The lowest BCUT2D eigenvalue weighted by molar-refractivity contribution is 0.0908. The smallest absolute Gasteiger partial charge is 0.287 e. The number of nitrogens with two attached hydrogens (primary N) is 3. The van der Waals surface area contributed by atoms with Gasteiger partial charge in [-0.3, -0.25) is 4.79 Å². The zero-order valence-corrected chi connectivity index (χ0v) is 14.8. The third kappa shape index (κ3) is 4.62. The van der Waals surface area contributed by atoms with Crippen molar-refractivity contribution in [3.05, 3.63) is 65.0 Å². The molecule has 7 nitrogen and oxygen atoms in total. The highest BCUT2D eigenvalue weighted by molar-refractivity contribution is 5.93. The minimum absolute atomic E-state index is 0.122. The van der Waals surface area contributed by atoms with Crippen LogP contribution < -0.4 is 22.6 Å². The third-order valence-corrected chi connectivity index (χ3v) is 3.95. The average Bonchev–Trinajstić information content (AvgIpc) is 2.96. The van der Waals surface area contributed by atoms with Gasteiger partial charge in [-0.1, -0.05) is 12.1 Å². The van der Waals surface area contributed by atoms with E-state index >= 15 is 0 Å². The summed E-state index contributed by atoms with van der Waals surface area (Å²) in [5.41, 5.74) is 13.2. The summed E-state index contributed by atoms with van der Waals surface area (Å²) in [6, 6.07) is 7.39. The number of nitrogens with zero attached hydrogens (tertiary/aromatic N) is 1. The number of benzene rings is 1. The first-order chi connectivity index (χ1) is 12.3. The molecular formula is C18H24FN5O2. The molecule has 1 aromatic carbocycles. The molecule has 1 atom stereocenters. The van der Waals surface area contributed by atoms with Crippen LogP contribution in [0.5, 0.6) is 0 Å². The van der Waals surface area contributed by atoms with Crippen LogP contribution in [0, 0.1) is 12.7 Å². The molecule has 0 fully saturated rings. The Labute approximate surface area is 151 Å². The molecule has 26 heavy (non-hydrogen) atoms. The van der Waals surface area contributed by atoms with Gasteiger partial charge in [0.05, 0.1) is 5.70 Å². The second-order valence-electron chi connectivity index (χ2n) is 5.98. The molecule has 7 N–H and O–H groups in total. The number of carbonyl (C=O) groups excluding carboxylic acids is 1. The number of hydrazine groups is 1. The second-order valence-corrected chi connectivity index (χ2v) is 5.98. The first-order valence-electron chi connectivity index (χ1n) is 8.12. The van der Waals surface area contributed by atoms with E-state index in [1.54, 1.807) is 32.2 Å². The highest BCUT2D eigenvalue weighted by Gasteiger charge is 2.20. The summed E-state index contributed by atoms with van der Waals surface area (Å²) in [4.78, 5) is 12.5. The van der Waals surface area contributed by atoms with Gasteiger partial charge in [0.15, 0.2) is 5.76 Å². The number of aryl methyl sites for hydroxylation is 1. The Bertz CT molecular complexity index is 801. The van der Waals surface area contributed by atoms with Gasteiger partial charge >= 0.3 is 0 Å². The maximum absolute atomic E-state index is 13.3. The Morgan fingerprint density at radius 2 is 2.15 bits per heavy atom. The van der Waals surface area contributed by atoms with Crippen LogP contribution in [0.2, 0.25) is 0 Å². The fourth-order valence-corrected chi connectivity index (χ4v) is 2.64. The summed E-state index contributed by atoms with van der Waals surface area (Å²) in [5, 5.41) is 4.14. The van der Waals surface area contributed by atoms with Crippen LogP contribution in [0.15, 0.2) is 40.9 Å². The monoisotopic (exact) mass is 361 g/mol. The molecule has 1 amide bonds. The number of carbonyl (C=O) groups is 1. The van der Waals surface area contributed by atoms with E-state index in [1.807, 2.05) is 0 Å². The molecule has 8 heteroatoms. The van der Waals surface area contributed by atoms with E-state index in [2.05, 4.69) is 5.32 Å². The van der Waals surface area contributed by atoms with E-state index in [4.69, 9.17) is 21.7 Å². The predicted octanol–water partition coefficient (Wildman–Crippen LogP) is 1.09. The highest BCUT2D eigenvalue weighted by atomic mass is 19.1. The number of amides is 1. The van der Waals surface area contributed by atoms with Gasteiger partial charge in [-0.2, -0.15) is 0 Å². The molecule has 1 unspecified atom stereocenters. The molecule has 0 aliphatic rings. The molecule has 1 heterocycles. The van der Waals surface area contributed by atoms with Crippen LogP contribution in [0.1, 0.15) is 27.4 Å². The first kappa shape index (κ1) is 19.5. The van der Waals surface area contributed by atoms with Crippen LogP contribution in [0.3, 0.4) is 0 Å². The zero-order valence-electron chi connectivity index (χ0n) is 14.8. The van der Waals surface area contributed by atoms with Crippen LogP contribution >= 0.6 is 0 Å². The molecular weight excluding hydrogens is 337 g/mol. The summed E-state index contributed by atoms with van der Waals surface area (Å²) in [6.45, 7) is 1.92. The first-order valence-corrected chi connectivity index (χ1v) is 8.12. The van der Waals surface area contributed by atoms with Crippen LogP contribution in [-0.4, -0.2) is 30.6 Å². The molecule has 140 valence electrons. The van der Waals surface area contributed by atoms with E-state index in [0.717, 1.165) is 5.56 Å². The molecule has 0 aliphatic heterocycles. The number of hydrogen-bond donors (Lipinski definition) is 4. The Morgan fingerprint density at radius 1 is 1.42 bits per heavy atom. The van der Waals surface area contributed by atoms with Crippen molar-refractivity contribution < 1.29 is 13.6 Å². The summed E-state index contributed by atoms with van der Waals surface area (Å²) in [6.07, 6.45) is 1.75. The van der Waals surface area contributed by atoms with E-state index in [9.17, 15) is 9.18 Å². The Balaban J connectivity index is 2.13. The fourth-order valence-electron chi connectivity index (χ4n) is 2.64. The van der Waals surface area contributed by atoms with Gasteiger partial charge in [0, 0.05) is 31.4 Å². The molecule has 2 aromatic rings. The minimum Gasteiger partial charge on any atom is -0.455 e. The van der Waals surface area contributed by atoms with Crippen molar-refractivity contribution in [1.82, 2.24) is 10.3 Å². The van der Waals surface area contributed by atoms with Crippen molar-refractivity contribution in [2.24, 2.45) is 17.3 Å². The standard InChI is InChI=1S/C18H24FN5O2/c1-11-15(16(10-21)24(2)22)8-17(26-11)18(25)23-14(9-20)7-12-4-3-5-13(19)6-12/h3-6,8,10,14H,7,9,20-22H2,1-2H3,(H,23,25)/b16-10-. The largest absolute Gasteiger partial charge is 0.455 e. The maximum Gasteiger partial charge on any atom is 0.287 e. The Kier molecular flexibility index (Phi) is 6.37. The van der Waals surface area contributed by atoms with Crippen molar-refractivity contribution in [1.29, 1.82) is 0 Å². The van der Waals surface area contributed by atoms with Crippen LogP contribution in [0.4, 0.5) is 4.39 Å². The Morgan fingerprint density at radius 3 is 2.73 bits per heavy atom. The maximum atomic E-state index is 13.3.